The van der Waals surface area contributed by atoms with Crippen molar-refractivity contribution in [3.8, 4) is 0 Å². The quantitative estimate of drug-likeness (QED) is 0.425. The molecule has 0 amide bonds. The number of hydrogen-bond acceptors (Lipinski definition) is 6. The van der Waals surface area contributed by atoms with Crippen molar-refractivity contribution < 1.29 is 24.2 Å². The molecular weight excluding hydrogens is 436 g/mol. The molecule has 0 saturated heterocycles. The molecular formula is C27H34O5S. The number of aryl methyl sites for hydroxylation is 2. The lowest BCUT2D eigenvalue weighted by Gasteiger charge is -2.40. The molecule has 0 bridgehead atoms. The third kappa shape index (κ3) is 5.02. The van der Waals surface area contributed by atoms with E-state index in [0.29, 0.717) is 25.2 Å². The van der Waals surface area contributed by atoms with Crippen LogP contribution in [-0.2, 0) is 22.6 Å². The molecule has 4 rings (SSSR count). The first-order valence-corrected chi connectivity index (χ1v) is 12.7. The molecule has 2 N–H and O–H groups in total. The molecule has 178 valence electrons. The average Bonchev–Trinajstić information content (AvgIpc) is 3.49. The minimum Gasteiger partial charge on any atom is -0.511 e. The Morgan fingerprint density at radius 2 is 2.00 bits per heavy atom. The second-order valence-electron chi connectivity index (χ2n) is 9.75. The molecule has 1 saturated carbocycles. The Labute approximate surface area is 200 Å². The molecule has 2 aliphatic rings. The fourth-order valence-corrected chi connectivity index (χ4v) is 6.17. The molecule has 33 heavy (non-hydrogen) atoms. The monoisotopic (exact) mass is 470 g/mol. The Bertz CT molecular complexity index is 1020. The number of carbonyl (C=O) groups is 1. The molecule has 1 aliphatic carbocycles. The van der Waals surface area contributed by atoms with Crippen LogP contribution in [0.2, 0.25) is 0 Å². The summed E-state index contributed by atoms with van der Waals surface area (Å²) in [6.45, 7) is 6.04. The van der Waals surface area contributed by atoms with E-state index in [2.05, 4.69) is 6.07 Å². The number of aliphatic hydroxyl groups is 2. The third-order valence-corrected chi connectivity index (χ3v) is 8.50. The van der Waals surface area contributed by atoms with Crippen LogP contribution in [0.4, 0.5) is 0 Å². The number of furan rings is 1. The highest BCUT2D eigenvalue weighted by molar-refractivity contribution is 8.04. The van der Waals surface area contributed by atoms with Gasteiger partial charge in [0.2, 0.25) is 0 Å². The zero-order valence-electron chi connectivity index (χ0n) is 19.7. The second-order valence-corrected chi connectivity index (χ2v) is 10.8. The number of benzene rings is 1. The van der Waals surface area contributed by atoms with Crippen molar-refractivity contribution in [2.45, 2.75) is 88.7 Å². The summed E-state index contributed by atoms with van der Waals surface area (Å²) < 4.78 is 11.2. The molecule has 1 unspecified atom stereocenters. The highest BCUT2D eigenvalue weighted by Crippen LogP contribution is 2.46. The molecule has 0 radical (unpaired) electrons. The Morgan fingerprint density at radius 1 is 1.24 bits per heavy atom. The minimum atomic E-state index is -0.743. The van der Waals surface area contributed by atoms with E-state index in [1.54, 1.807) is 12.5 Å². The lowest BCUT2D eigenvalue weighted by Crippen LogP contribution is -2.44. The number of aliphatic hydroxyl groups excluding tert-OH is 2. The number of rotatable bonds is 8. The molecule has 1 atom stereocenters. The number of thioether (sulfide) groups is 1. The first kappa shape index (κ1) is 24.0. The Kier molecular flexibility index (Phi) is 7.25. The van der Waals surface area contributed by atoms with E-state index in [0.717, 1.165) is 34.4 Å². The maximum atomic E-state index is 13.2. The summed E-state index contributed by atoms with van der Waals surface area (Å²) in [6.07, 6.45) is 9.61. The normalized spacial score (nSPS) is 21.8. The molecule has 1 aliphatic heterocycles. The van der Waals surface area contributed by atoms with Crippen LogP contribution in [0.5, 0.6) is 0 Å². The third-order valence-electron chi connectivity index (χ3n) is 7.33. The summed E-state index contributed by atoms with van der Waals surface area (Å²) >= 11 is 1.31. The minimum absolute atomic E-state index is 0.0000591. The predicted molar refractivity (Wildman–Crippen MR) is 129 cm³/mol. The smallest absolute Gasteiger partial charge is 0.349 e. The summed E-state index contributed by atoms with van der Waals surface area (Å²) in [7, 11) is 0. The van der Waals surface area contributed by atoms with E-state index in [1.165, 1.54) is 30.2 Å². The van der Waals surface area contributed by atoms with E-state index in [4.69, 9.17) is 9.15 Å². The Hall–Kier alpha value is -2.18. The molecule has 0 spiro atoms. The Morgan fingerprint density at radius 3 is 2.61 bits per heavy atom. The van der Waals surface area contributed by atoms with Gasteiger partial charge in [-0.15, -0.1) is 0 Å². The molecule has 5 nitrogen and oxygen atoms in total. The van der Waals surface area contributed by atoms with Crippen molar-refractivity contribution in [2.75, 3.05) is 0 Å². The van der Waals surface area contributed by atoms with Crippen LogP contribution in [0, 0.1) is 12.8 Å². The summed E-state index contributed by atoms with van der Waals surface area (Å²) in [5.74, 6) is 0.136. The average molecular weight is 471 g/mol. The SMILES string of the molecule is Cc1cc(SC2=C(O)CC(CCc3ccoc3)(C(C)C)OC2=O)c(C2CCCC2)cc1CO. The van der Waals surface area contributed by atoms with E-state index in [1.807, 2.05) is 32.9 Å². The van der Waals surface area contributed by atoms with Gasteiger partial charge in [-0.25, -0.2) is 4.79 Å². The van der Waals surface area contributed by atoms with Crippen LogP contribution in [0.15, 0.2) is 50.7 Å². The number of cyclic esters (lactones) is 1. The fourth-order valence-electron chi connectivity index (χ4n) is 5.06. The van der Waals surface area contributed by atoms with Gasteiger partial charge < -0.3 is 19.4 Å². The van der Waals surface area contributed by atoms with Crippen molar-refractivity contribution in [1.29, 1.82) is 0 Å². The predicted octanol–water partition coefficient (Wildman–Crippen LogP) is 6.57. The van der Waals surface area contributed by atoms with Crippen LogP contribution in [0.1, 0.15) is 80.5 Å². The molecule has 2 heterocycles. The van der Waals surface area contributed by atoms with E-state index in [9.17, 15) is 15.0 Å². The van der Waals surface area contributed by atoms with Gasteiger partial charge in [0.1, 0.15) is 16.3 Å². The first-order valence-electron chi connectivity index (χ1n) is 11.9. The topological polar surface area (TPSA) is 79.9 Å². The number of ether oxygens (including phenoxy) is 1. The highest BCUT2D eigenvalue weighted by atomic mass is 32.2. The van der Waals surface area contributed by atoms with Gasteiger partial charge in [-0.2, -0.15) is 0 Å². The number of esters is 1. The van der Waals surface area contributed by atoms with Crippen LogP contribution >= 0.6 is 11.8 Å². The van der Waals surface area contributed by atoms with Gasteiger partial charge in [-0.05, 0) is 78.8 Å². The number of hydrogen-bond donors (Lipinski definition) is 2. The van der Waals surface area contributed by atoms with Gasteiger partial charge in [0, 0.05) is 11.3 Å². The van der Waals surface area contributed by atoms with Crippen LogP contribution in [-0.4, -0.2) is 21.8 Å². The van der Waals surface area contributed by atoms with E-state index in [-0.39, 0.29) is 23.2 Å². The van der Waals surface area contributed by atoms with Gasteiger partial charge in [0.05, 0.1) is 19.1 Å². The zero-order chi connectivity index (χ0) is 23.6. The Balaban J connectivity index is 1.62. The van der Waals surface area contributed by atoms with Gasteiger partial charge in [0.25, 0.3) is 0 Å². The summed E-state index contributed by atoms with van der Waals surface area (Å²) in [6, 6.07) is 6.04. The number of carbonyl (C=O) groups excluding carboxylic acids is 1. The van der Waals surface area contributed by atoms with Crippen LogP contribution in [0.25, 0.3) is 0 Å². The maximum Gasteiger partial charge on any atom is 0.349 e. The fraction of sp³-hybridized carbons (Fsp3) is 0.519. The van der Waals surface area contributed by atoms with Crippen molar-refractivity contribution in [1.82, 2.24) is 0 Å². The lowest BCUT2D eigenvalue weighted by molar-refractivity contribution is -0.164. The largest absolute Gasteiger partial charge is 0.511 e. The first-order chi connectivity index (χ1) is 15.8. The van der Waals surface area contributed by atoms with Crippen LogP contribution < -0.4 is 0 Å². The van der Waals surface area contributed by atoms with Crippen LogP contribution in [0.3, 0.4) is 0 Å². The van der Waals surface area contributed by atoms with Crippen molar-refractivity contribution >= 4 is 17.7 Å². The lowest BCUT2D eigenvalue weighted by atomic mass is 9.80. The van der Waals surface area contributed by atoms with Gasteiger partial charge in [0.15, 0.2) is 0 Å². The van der Waals surface area contributed by atoms with E-state index >= 15 is 0 Å². The van der Waals surface area contributed by atoms with Crippen molar-refractivity contribution in [3.63, 3.8) is 0 Å². The van der Waals surface area contributed by atoms with E-state index < -0.39 is 11.6 Å². The molecule has 1 aromatic carbocycles. The van der Waals surface area contributed by atoms with Gasteiger partial charge >= 0.3 is 5.97 Å². The van der Waals surface area contributed by atoms with Gasteiger partial charge in [-0.1, -0.05) is 44.5 Å². The van der Waals surface area contributed by atoms with Crippen molar-refractivity contribution in [3.05, 3.63) is 63.6 Å². The molecule has 2 aromatic rings. The summed E-state index contributed by atoms with van der Waals surface area (Å²) in [5.41, 5.74) is 3.38. The molecule has 6 heteroatoms. The highest BCUT2D eigenvalue weighted by Gasteiger charge is 2.44. The summed E-state index contributed by atoms with van der Waals surface area (Å²) in [4.78, 5) is 14.5. The molecule has 1 fully saturated rings. The second kappa shape index (κ2) is 9.98. The maximum absolute atomic E-state index is 13.2. The van der Waals surface area contributed by atoms with Crippen molar-refractivity contribution in [2.24, 2.45) is 5.92 Å². The summed E-state index contributed by atoms with van der Waals surface area (Å²) in [5, 5.41) is 20.8. The molecule has 1 aromatic heterocycles. The zero-order valence-corrected chi connectivity index (χ0v) is 20.5. The van der Waals surface area contributed by atoms with Gasteiger partial charge in [-0.3, -0.25) is 0 Å². The standard InChI is InChI=1S/C27H34O5S/c1-17(2)27(10-8-19-9-11-31-16-19)14-23(29)25(26(30)32-27)33-24-12-18(3)21(15-28)13-22(24)20-6-4-5-7-20/h9,11-13,16-17,20,28-29H,4-8,10,14-15H2,1-3H3.